The van der Waals surface area contributed by atoms with Crippen molar-refractivity contribution in [2.45, 2.75) is 12.8 Å². The number of hydrogen-bond acceptors (Lipinski definition) is 7. The number of anilines is 2. The van der Waals surface area contributed by atoms with E-state index in [-0.39, 0.29) is 11.4 Å². The number of nitro groups is 2. The maximum Gasteiger partial charge on any atom is 0.269 e. The third-order valence-electron chi connectivity index (χ3n) is 4.25. The summed E-state index contributed by atoms with van der Waals surface area (Å²) in [5, 5.41) is 27.8. The first-order chi connectivity index (χ1) is 13.5. The molecule has 0 saturated carbocycles. The Kier molecular flexibility index (Phi) is 8.16. The van der Waals surface area contributed by atoms with Crippen LogP contribution >= 0.6 is 0 Å². The van der Waals surface area contributed by atoms with E-state index < -0.39 is 9.85 Å². The van der Waals surface area contributed by atoms with Crippen LogP contribution in [0.15, 0.2) is 48.5 Å². The summed E-state index contributed by atoms with van der Waals surface area (Å²) in [5.41, 5.74) is 1.93. The Bertz CT molecular complexity index is 699. The van der Waals surface area contributed by atoms with E-state index in [1.54, 1.807) is 24.3 Å². The zero-order valence-electron chi connectivity index (χ0n) is 15.8. The second-order valence-electron chi connectivity index (χ2n) is 6.47. The van der Waals surface area contributed by atoms with Crippen molar-refractivity contribution < 1.29 is 9.85 Å². The number of non-ortho nitro benzene ring substituents is 2. The molecule has 0 aliphatic rings. The minimum Gasteiger partial charge on any atom is -0.385 e. The largest absolute Gasteiger partial charge is 0.385 e. The van der Waals surface area contributed by atoms with E-state index in [0.717, 1.165) is 50.4 Å². The van der Waals surface area contributed by atoms with Crippen molar-refractivity contribution in [2.75, 3.05) is 43.9 Å². The van der Waals surface area contributed by atoms with Gasteiger partial charge in [0.05, 0.1) is 9.85 Å². The lowest BCUT2D eigenvalue weighted by Crippen LogP contribution is -2.24. The maximum absolute atomic E-state index is 10.6. The number of rotatable bonds is 12. The van der Waals surface area contributed by atoms with Gasteiger partial charge in [-0.15, -0.1) is 0 Å². The number of hydrogen-bond donors (Lipinski definition) is 2. The molecule has 0 atom stereocenters. The van der Waals surface area contributed by atoms with Crippen LogP contribution in [0, 0.1) is 20.2 Å². The first-order valence-electron chi connectivity index (χ1n) is 9.11. The number of nitrogens with zero attached hydrogens (tertiary/aromatic N) is 3. The van der Waals surface area contributed by atoms with Crippen LogP contribution in [0.1, 0.15) is 12.8 Å². The first-order valence-corrected chi connectivity index (χ1v) is 9.11. The quantitative estimate of drug-likeness (QED) is 0.324. The Hall–Kier alpha value is -3.20. The molecule has 2 N–H and O–H groups in total. The van der Waals surface area contributed by atoms with Crippen molar-refractivity contribution in [2.24, 2.45) is 0 Å². The van der Waals surface area contributed by atoms with Crippen LogP contribution in [0.25, 0.3) is 0 Å². The molecule has 0 unspecified atom stereocenters. The van der Waals surface area contributed by atoms with Gasteiger partial charge in [-0.05, 0) is 57.2 Å². The lowest BCUT2D eigenvalue weighted by Gasteiger charge is -2.17. The van der Waals surface area contributed by atoms with Crippen molar-refractivity contribution in [1.29, 1.82) is 0 Å². The van der Waals surface area contributed by atoms with Crippen LogP contribution < -0.4 is 10.6 Å². The molecule has 0 fully saturated rings. The number of benzene rings is 2. The fourth-order valence-electron chi connectivity index (χ4n) is 2.68. The first kappa shape index (κ1) is 21.1. The monoisotopic (exact) mass is 387 g/mol. The van der Waals surface area contributed by atoms with Gasteiger partial charge in [-0.2, -0.15) is 0 Å². The third kappa shape index (κ3) is 7.20. The summed E-state index contributed by atoms with van der Waals surface area (Å²) in [6.45, 7) is 3.47. The fourth-order valence-corrected chi connectivity index (χ4v) is 2.68. The van der Waals surface area contributed by atoms with Crippen LogP contribution in [0.5, 0.6) is 0 Å². The summed E-state index contributed by atoms with van der Waals surface area (Å²) in [6, 6.07) is 12.8. The molecule has 0 radical (unpaired) electrons. The highest BCUT2D eigenvalue weighted by Crippen LogP contribution is 2.16. The lowest BCUT2D eigenvalue weighted by atomic mass is 10.2. The van der Waals surface area contributed by atoms with Gasteiger partial charge < -0.3 is 15.5 Å². The van der Waals surface area contributed by atoms with Crippen molar-refractivity contribution in [1.82, 2.24) is 4.90 Å². The molecule has 150 valence electrons. The summed E-state index contributed by atoms with van der Waals surface area (Å²) in [6.07, 6.45) is 1.92. The van der Waals surface area contributed by atoms with Crippen molar-refractivity contribution in [3.8, 4) is 0 Å². The zero-order chi connectivity index (χ0) is 20.4. The maximum atomic E-state index is 10.6. The van der Waals surface area contributed by atoms with E-state index >= 15 is 0 Å². The molecule has 2 aromatic rings. The van der Waals surface area contributed by atoms with Crippen molar-refractivity contribution >= 4 is 22.7 Å². The zero-order valence-corrected chi connectivity index (χ0v) is 15.8. The van der Waals surface area contributed by atoms with Gasteiger partial charge >= 0.3 is 0 Å². The van der Waals surface area contributed by atoms with Gasteiger partial charge in [-0.1, -0.05) is 0 Å². The molecule has 0 saturated heterocycles. The van der Waals surface area contributed by atoms with Crippen molar-refractivity contribution in [3.63, 3.8) is 0 Å². The minimum absolute atomic E-state index is 0.0904. The molecular formula is C19H25N5O4. The molecule has 0 aliphatic carbocycles. The molecule has 0 bridgehead atoms. The summed E-state index contributed by atoms with van der Waals surface area (Å²) in [7, 11) is 2.07. The van der Waals surface area contributed by atoms with E-state index in [0.29, 0.717) is 0 Å². The number of nitro benzene ring substituents is 2. The van der Waals surface area contributed by atoms with E-state index in [2.05, 4.69) is 22.6 Å². The number of nitrogens with one attached hydrogen (secondary N) is 2. The van der Waals surface area contributed by atoms with Crippen LogP contribution in [0.4, 0.5) is 22.7 Å². The molecule has 0 aliphatic heterocycles. The Morgan fingerprint density at radius 3 is 1.43 bits per heavy atom. The Morgan fingerprint density at radius 2 is 1.11 bits per heavy atom. The molecule has 0 amide bonds. The smallest absolute Gasteiger partial charge is 0.269 e. The highest BCUT2D eigenvalue weighted by molar-refractivity contribution is 5.49. The van der Waals surface area contributed by atoms with E-state index in [4.69, 9.17) is 0 Å². The summed E-state index contributed by atoms with van der Waals surface area (Å²) >= 11 is 0. The van der Waals surface area contributed by atoms with Gasteiger partial charge in [0.25, 0.3) is 11.4 Å². The van der Waals surface area contributed by atoms with E-state index in [1.807, 2.05) is 0 Å². The Morgan fingerprint density at radius 1 is 0.750 bits per heavy atom. The topological polar surface area (TPSA) is 114 Å². The van der Waals surface area contributed by atoms with Crippen molar-refractivity contribution in [3.05, 3.63) is 68.8 Å². The van der Waals surface area contributed by atoms with Gasteiger partial charge in [0.1, 0.15) is 0 Å². The molecule has 0 aromatic heterocycles. The summed E-state index contributed by atoms with van der Waals surface area (Å²) < 4.78 is 0. The van der Waals surface area contributed by atoms with Gasteiger partial charge in [-0.3, -0.25) is 20.2 Å². The van der Waals surface area contributed by atoms with Crippen LogP contribution in [0.2, 0.25) is 0 Å². The summed E-state index contributed by atoms with van der Waals surface area (Å²) in [4.78, 5) is 22.7. The van der Waals surface area contributed by atoms with E-state index in [9.17, 15) is 20.2 Å². The molecule has 0 heterocycles. The molecule has 9 heteroatoms. The molecule has 2 rings (SSSR count). The second-order valence-corrected chi connectivity index (χ2v) is 6.47. The molecule has 2 aromatic carbocycles. The predicted molar refractivity (Wildman–Crippen MR) is 110 cm³/mol. The van der Waals surface area contributed by atoms with Crippen LogP contribution in [0.3, 0.4) is 0 Å². The molecule has 9 nitrogen and oxygen atoms in total. The van der Waals surface area contributed by atoms with Crippen LogP contribution in [-0.2, 0) is 0 Å². The van der Waals surface area contributed by atoms with Gasteiger partial charge in [0.2, 0.25) is 0 Å². The SMILES string of the molecule is CN(CCCNc1ccc([N+](=O)[O-])cc1)CCCNc1ccc([N+](=O)[O-])cc1. The third-order valence-corrected chi connectivity index (χ3v) is 4.25. The Labute approximate surface area is 163 Å². The van der Waals surface area contributed by atoms with Crippen LogP contribution in [-0.4, -0.2) is 48.0 Å². The van der Waals surface area contributed by atoms with E-state index in [1.165, 1.54) is 24.3 Å². The Balaban J connectivity index is 1.55. The highest BCUT2D eigenvalue weighted by Gasteiger charge is 2.05. The average molecular weight is 387 g/mol. The van der Waals surface area contributed by atoms with Gasteiger partial charge in [0.15, 0.2) is 0 Å². The van der Waals surface area contributed by atoms with Gasteiger partial charge in [0, 0.05) is 48.7 Å². The fraction of sp³-hybridized carbons (Fsp3) is 0.368. The molecule has 28 heavy (non-hydrogen) atoms. The highest BCUT2D eigenvalue weighted by atomic mass is 16.6. The minimum atomic E-state index is -0.408. The average Bonchev–Trinajstić information content (AvgIpc) is 2.69. The van der Waals surface area contributed by atoms with Gasteiger partial charge in [-0.25, -0.2) is 0 Å². The molecular weight excluding hydrogens is 362 g/mol. The summed E-state index contributed by atoms with van der Waals surface area (Å²) in [5.74, 6) is 0. The lowest BCUT2D eigenvalue weighted by molar-refractivity contribution is -0.385. The molecule has 0 spiro atoms. The second kappa shape index (κ2) is 10.8. The standard InChI is InChI=1S/C19H25N5O4/c1-22(14-2-12-20-16-4-8-18(9-5-16)23(25)26)15-3-13-21-17-6-10-19(11-7-17)24(27)28/h4-11,20-21H,2-3,12-15H2,1H3. The predicted octanol–water partition coefficient (Wildman–Crippen LogP) is 3.74. The normalized spacial score (nSPS) is 10.6.